The maximum atomic E-state index is 13.3. The van der Waals surface area contributed by atoms with E-state index in [9.17, 15) is 14.5 Å². The summed E-state index contributed by atoms with van der Waals surface area (Å²) in [5.41, 5.74) is 1.90. The number of β-amino-alcohol motifs (C(OH)–C–C–N with tert-alkyl or cyclic N) is 1. The van der Waals surface area contributed by atoms with Crippen LogP contribution in [0.4, 0.5) is 0 Å². The zero-order chi connectivity index (χ0) is 28.0. The number of hydrogen-bond donors (Lipinski definition) is 3. The molecule has 0 spiro atoms. The lowest BCUT2D eigenvalue weighted by molar-refractivity contribution is -0.00517. The molecule has 0 aromatic heterocycles. The summed E-state index contributed by atoms with van der Waals surface area (Å²) in [6, 6.07) is 28.1. The zero-order valence-electron chi connectivity index (χ0n) is 22.5. The summed E-state index contributed by atoms with van der Waals surface area (Å²) in [6.45, 7) is 6.60. The van der Waals surface area contributed by atoms with Gasteiger partial charge in [0, 0.05) is 28.8 Å². The van der Waals surface area contributed by atoms with E-state index in [1.54, 1.807) is 18.2 Å². The number of hydrogen-bond acceptors (Lipinski definition) is 5. The summed E-state index contributed by atoms with van der Waals surface area (Å²) < 4.78 is 19.3. The van der Waals surface area contributed by atoms with Crippen LogP contribution >= 0.6 is 0 Å². The summed E-state index contributed by atoms with van der Waals surface area (Å²) in [5, 5.41) is 25.7. The van der Waals surface area contributed by atoms with Gasteiger partial charge in [0.05, 0.1) is 24.4 Å². The van der Waals surface area contributed by atoms with Crippen molar-refractivity contribution in [2.45, 2.75) is 54.7 Å². The molecule has 0 saturated carbocycles. The third kappa shape index (κ3) is 7.68. The van der Waals surface area contributed by atoms with Gasteiger partial charge in [-0.2, -0.15) is 0 Å². The lowest BCUT2D eigenvalue weighted by atomic mass is 9.93. The molecule has 0 saturated heterocycles. The van der Waals surface area contributed by atoms with E-state index in [4.69, 9.17) is 9.84 Å². The third-order valence-corrected chi connectivity index (χ3v) is 8.16. The number of benzene rings is 4. The maximum Gasteiger partial charge on any atom is 0.335 e. The number of aliphatic hydroxyl groups is 1. The van der Waals surface area contributed by atoms with Gasteiger partial charge < -0.3 is 24.8 Å². The molecule has 0 heterocycles. The molecule has 0 bridgehead atoms. The first-order chi connectivity index (χ1) is 18.6. The van der Waals surface area contributed by atoms with Crippen LogP contribution in [-0.4, -0.2) is 45.5 Å². The van der Waals surface area contributed by atoms with Gasteiger partial charge in [-0.15, -0.1) is 0 Å². The highest BCUT2D eigenvalue weighted by Crippen LogP contribution is 2.30. The van der Waals surface area contributed by atoms with Crippen LogP contribution < -0.4 is 5.32 Å². The Bertz CT molecular complexity index is 1410. The van der Waals surface area contributed by atoms with E-state index >= 15 is 0 Å². The SMILES string of the molecule is CC(OC[C@@H](O)CNC(C)(C)Cc1ccc2ccccc2c1)c1ccccc1[S+]([O-])c1ccc(C(=O)O)cc1. The van der Waals surface area contributed by atoms with Crippen molar-refractivity contribution in [3.63, 3.8) is 0 Å². The average molecular weight is 546 g/mol. The lowest BCUT2D eigenvalue weighted by Crippen LogP contribution is -2.46. The van der Waals surface area contributed by atoms with Crippen molar-refractivity contribution in [3.8, 4) is 0 Å². The molecule has 0 aliphatic rings. The Hall–Kier alpha value is -3.20. The van der Waals surface area contributed by atoms with Crippen LogP contribution in [0.25, 0.3) is 10.8 Å². The molecule has 4 aromatic carbocycles. The number of fused-ring (bicyclic) bond motifs is 1. The fourth-order valence-electron chi connectivity index (χ4n) is 4.55. The largest absolute Gasteiger partial charge is 0.606 e. The number of carboxylic acid groups (broad SMARTS) is 1. The van der Waals surface area contributed by atoms with Gasteiger partial charge >= 0.3 is 5.97 Å². The fourth-order valence-corrected chi connectivity index (χ4v) is 5.84. The minimum absolute atomic E-state index is 0.120. The van der Waals surface area contributed by atoms with Gasteiger partial charge in [-0.1, -0.05) is 60.7 Å². The first-order valence-electron chi connectivity index (χ1n) is 13.0. The molecule has 7 heteroatoms. The number of ether oxygens (including phenoxy) is 1. The summed E-state index contributed by atoms with van der Waals surface area (Å²) in [5.74, 6) is -1.03. The maximum absolute atomic E-state index is 13.3. The minimum atomic E-state index is -1.51. The Kier molecular flexibility index (Phi) is 9.43. The van der Waals surface area contributed by atoms with Crippen LogP contribution in [0.2, 0.25) is 0 Å². The van der Waals surface area contributed by atoms with Crippen LogP contribution in [0.1, 0.15) is 48.4 Å². The first-order valence-corrected chi connectivity index (χ1v) is 14.1. The van der Waals surface area contributed by atoms with Crippen LogP contribution in [-0.2, 0) is 22.3 Å². The van der Waals surface area contributed by atoms with Gasteiger partial charge in [0.1, 0.15) is 0 Å². The molecule has 39 heavy (non-hydrogen) atoms. The second-order valence-corrected chi connectivity index (χ2v) is 11.8. The van der Waals surface area contributed by atoms with Crippen molar-refractivity contribution < 1.29 is 24.3 Å². The number of aromatic carboxylic acids is 1. The van der Waals surface area contributed by atoms with Crippen LogP contribution in [0, 0.1) is 0 Å². The smallest absolute Gasteiger partial charge is 0.335 e. The highest BCUT2D eigenvalue weighted by Gasteiger charge is 2.24. The second-order valence-electron chi connectivity index (χ2n) is 10.4. The van der Waals surface area contributed by atoms with Crippen molar-refractivity contribution in [2.75, 3.05) is 13.2 Å². The molecule has 0 amide bonds. The predicted octanol–water partition coefficient (Wildman–Crippen LogP) is 5.75. The highest BCUT2D eigenvalue weighted by molar-refractivity contribution is 7.91. The molecule has 2 unspecified atom stereocenters. The quantitative estimate of drug-likeness (QED) is 0.196. The molecule has 4 aromatic rings. The number of rotatable bonds is 12. The summed E-state index contributed by atoms with van der Waals surface area (Å²) in [7, 11) is 0. The molecule has 3 atom stereocenters. The van der Waals surface area contributed by atoms with Crippen LogP contribution in [0.3, 0.4) is 0 Å². The van der Waals surface area contributed by atoms with Crippen LogP contribution in [0.5, 0.6) is 0 Å². The molecule has 0 radical (unpaired) electrons. The van der Waals surface area contributed by atoms with E-state index < -0.39 is 29.4 Å². The molecule has 3 N–H and O–H groups in total. The monoisotopic (exact) mass is 545 g/mol. The second kappa shape index (κ2) is 12.8. The molecule has 0 fully saturated rings. The van der Waals surface area contributed by atoms with E-state index in [-0.39, 0.29) is 17.7 Å². The van der Waals surface area contributed by atoms with E-state index in [0.717, 1.165) is 12.0 Å². The van der Waals surface area contributed by atoms with E-state index in [1.165, 1.54) is 28.5 Å². The summed E-state index contributed by atoms with van der Waals surface area (Å²) in [4.78, 5) is 12.2. The van der Waals surface area contributed by atoms with Crippen molar-refractivity contribution >= 4 is 27.9 Å². The Balaban J connectivity index is 1.32. The van der Waals surface area contributed by atoms with Crippen molar-refractivity contribution in [2.24, 2.45) is 0 Å². The van der Waals surface area contributed by atoms with Gasteiger partial charge in [0.2, 0.25) is 0 Å². The normalized spacial score (nSPS) is 14.2. The van der Waals surface area contributed by atoms with Gasteiger partial charge in [-0.3, -0.25) is 0 Å². The van der Waals surface area contributed by atoms with Crippen LogP contribution in [0.15, 0.2) is 101 Å². The molecular formula is C32H35NO5S. The molecule has 4 rings (SSSR count). The number of nitrogens with one attached hydrogen (secondary N) is 1. The Morgan fingerprint density at radius 1 is 0.974 bits per heavy atom. The minimum Gasteiger partial charge on any atom is -0.606 e. The third-order valence-electron chi connectivity index (χ3n) is 6.69. The van der Waals surface area contributed by atoms with Crippen molar-refractivity contribution in [1.29, 1.82) is 0 Å². The molecule has 6 nitrogen and oxygen atoms in total. The number of carbonyl (C=O) groups is 1. The van der Waals surface area contributed by atoms with Crippen molar-refractivity contribution in [1.82, 2.24) is 5.32 Å². The van der Waals surface area contributed by atoms with E-state index in [1.807, 2.05) is 37.3 Å². The summed E-state index contributed by atoms with van der Waals surface area (Å²) >= 11 is -1.51. The van der Waals surface area contributed by atoms with Gasteiger partial charge in [0.25, 0.3) is 0 Å². The number of carboxylic acids is 1. The van der Waals surface area contributed by atoms with Gasteiger partial charge in [-0.25, -0.2) is 4.79 Å². The standard InChI is InChI=1S/C32H35NO5S/c1-22(29-10-6-7-11-30(29)39(37)28-16-14-25(15-17-28)31(35)36)38-21-27(34)20-33-32(2,3)19-23-12-13-24-8-4-5-9-26(24)18-23/h4-18,22,27,33-34H,19-21H2,1-3H3,(H,35,36)/t22?,27-,39?/m0/s1. The first kappa shape index (κ1) is 28.8. The zero-order valence-corrected chi connectivity index (χ0v) is 23.3. The Morgan fingerprint density at radius 3 is 2.36 bits per heavy atom. The molecule has 204 valence electrons. The lowest BCUT2D eigenvalue weighted by Gasteiger charge is -2.28. The highest BCUT2D eigenvalue weighted by atomic mass is 32.2. The van der Waals surface area contributed by atoms with Gasteiger partial charge in [0.15, 0.2) is 9.79 Å². The Morgan fingerprint density at radius 2 is 1.64 bits per heavy atom. The average Bonchev–Trinajstić information content (AvgIpc) is 2.94. The molecule has 0 aliphatic heterocycles. The predicted molar refractivity (Wildman–Crippen MR) is 155 cm³/mol. The molecular weight excluding hydrogens is 510 g/mol. The molecule has 0 aliphatic carbocycles. The Labute approximate surface area is 232 Å². The van der Waals surface area contributed by atoms with E-state index in [2.05, 4.69) is 49.5 Å². The number of aliphatic hydroxyl groups excluding tert-OH is 1. The van der Waals surface area contributed by atoms with Gasteiger partial charge in [-0.05, 0) is 73.9 Å². The fraction of sp³-hybridized carbons (Fsp3) is 0.281. The topological polar surface area (TPSA) is 102 Å². The summed E-state index contributed by atoms with van der Waals surface area (Å²) in [6.07, 6.45) is -0.303. The van der Waals surface area contributed by atoms with E-state index in [0.29, 0.717) is 16.3 Å². The van der Waals surface area contributed by atoms with Crippen molar-refractivity contribution in [3.05, 3.63) is 108 Å².